The summed E-state index contributed by atoms with van der Waals surface area (Å²) in [6, 6.07) is 1.73. The highest BCUT2D eigenvalue weighted by molar-refractivity contribution is 7.99. The molecule has 2 fully saturated rings. The Kier molecular flexibility index (Phi) is 6.79. The third kappa shape index (κ3) is 5.17. The van der Waals surface area contributed by atoms with E-state index in [1.54, 1.807) is 0 Å². The molecule has 2 aliphatic rings. The number of carbonyl (C=O) groups is 2. The van der Waals surface area contributed by atoms with E-state index < -0.39 is 0 Å². The van der Waals surface area contributed by atoms with Crippen LogP contribution in [0.25, 0.3) is 0 Å². The fourth-order valence-corrected chi connectivity index (χ4v) is 4.66. The van der Waals surface area contributed by atoms with Crippen LogP contribution in [0, 0.1) is 5.92 Å². The Morgan fingerprint density at radius 1 is 1.30 bits per heavy atom. The summed E-state index contributed by atoms with van der Waals surface area (Å²) in [5, 5.41) is 0.468. The minimum absolute atomic E-state index is 0.0201. The number of piperidine rings is 1. The molecule has 30 heavy (non-hydrogen) atoms. The van der Waals surface area contributed by atoms with Gasteiger partial charge in [-0.1, -0.05) is 46.4 Å². The zero-order chi connectivity index (χ0) is 22.1. The second-order valence-corrected chi connectivity index (χ2v) is 10.3. The van der Waals surface area contributed by atoms with Gasteiger partial charge in [0, 0.05) is 30.6 Å². The highest BCUT2D eigenvalue weighted by Crippen LogP contribution is 2.28. The minimum atomic E-state index is -0.236. The average Bonchev–Trinajstić information content (AvgIpc) is 3.07. The monoisotopic (exact) mass is 436 g/mol. The van der Waals surface area contributed by atoms with E-state index in [9.17, 15) is 14.4 Å². The second kappa shape index (κ2) is 8.99. The molecule has 1 atom stereocenters. The quantitative estimate of drug-likeness (QED) is 0.563. The van der Waals surface area contributed by atoms with Crippen molar-refractivity contribution in [1.82, 2.24) is 19.8 Å². The smallest absolute Gasteiger partial charge is 0.410 e. The van der Waals surface area contributed by atoms with E-state index in [0.717, 1.165) is 12.8 Å². The summed E-state index contributed by atoms with van der Waals surface area (Å²) in [4.78, 5) is 47.7. The number of rotatable bonds is 5. The van der Waals surface area contributed by atoms with Crippen molar-refractivity contribution in [3.8, 4) is 0 Å². The van der Waals surface area contributed by atoms with Crippen LogP contribution in [0.3, 0.4) is 0 Å². The van der Waals surface area contributed by atoms with Gasteiger partial charge in [-0.25, -0.2) is 9.78 Å². The lowest BCUT2D eigenvalue weighted by Gasteiger charge is -2.38. The third-order valence-electron chi connectivity index (χ3n) is 5.75. The molecule has 2 aliphatic heterocycles. The van der Waals surface area contributed by atoms with E-state index in [4.69, 9.17) is 4.74 Å². The summed E-state index contributed by atoms with van der Waals surface area (Å²) >= 11 is 1.26. The SMILES string of the molecule is CC(C)C1COC(=O)N1C1CCN(C(=O)CSc2nc(C(C)(C)C)cc(=O)[nH]2)CC1. The summed E-state index contributed by atoms with van der Waals surface area (Å²) < 4.78 is 5.26. The predicted molar refractivity (Wildman–Crippen MR) is 116 cm³/mol. The number of H-pyrrole nitrogens is 1. The van der Waals surface area contributed by atoms with Crippen molar-refractivity contribution in [3.63, 3.8) is 0 Å². The van der Waals surface area contributed by atoms with Crippen LogP contribution in [0.2, 0.25) is 0 Å². The molecule has 0 spiro atoms. The molecule has 0 radical (unpaired) electrons. The van der Waals surface area contributed by atoms with E-state index in [2.05, 4.69) is 23.8 Å². The van der Waals surface area contributed by atoms with E-state index in [0.29, 0.717) is 36.5 Å². The lowest BCUT2D eigenvalue weighted by atomic mass is 9.92. The molecule has 166 valence electrons. The molecular formula is C21H32N4O4S. The Morgan fingerprint density at radius 3 is 2.57 bits per heavy atom. The number of ether oxygens (including phenoxy) is 1. The maximum absolute atomic E-state index is 12.7. The number of carbonyl (C=O) groups excluding carboxylic acids is 2. The molecule has 2 saturated heterocycles. The molecule has 0 aromatic carbocycles. The molecule has 1 aromatic rings. The molecule has 3 heterocycles. The molecular weight excluding hydrogens is 404 g/mol. The van der Waals surface area contributed by atoms with Crippen molar-refractivity contribution in [2.45, 2.75) is 70.1 Å². The summed E-state index contributed by atoms with van der Waals surface area (Å²) in [7, 11) is 0. The third-order valence-corrected chi connectivity index (χ3v) is 6.60. The van der Waals surface area contributed by atoms with Crippen LogP contribution >= 0.6 is 11.8 Å². The number of thioether (sulfide) groups is 1. The van der Waals surface area contributed by atoms with Gasteiger partial charge in [-0.15, -0.1) is 0 Å². The molecule has 9 heteroatoms. The molecule has 1 N–H and O–H groups in total. The lowest BCUT2D eigenvalue weighted by Crippen LogP contribution is -2.51. The first-order valence-corrected chi connectivity index (χ1v) is 11.5. The zero-order valence-electron chi connectivity index (χ0n) is 18.4. The molecule has 1 unspecified atom stereocenters. The van der Waals surface area contributed by atoms with Crippen LogP contribution in [0.1, 0.15) is 53.2 Å². The van der Waals surface area contributed by atoms with Gasteiger partial charge in [0.2, 0.25) is 5.91 Å². The van der Waals surface area contributed by atoms with Crippen molar-refractivity contribution in [3.05, 3.63) is 22.1 Å². The van der Waals surface area contributed by atoms with Gasteiger partial charge in [-0.2, -0.15) is 0 Å². The maximum atomic E-state index is 12.7. The topological polar surface area (TPSA) is 95.6 Å². The van der Waals surface area contributed by atoms with Gasteiger partial charge in [0.05, 0.1) is 17.5 Å². The number of aromatic nitrogens is 2. The number of cyclic esters (lactones) is 1. The van der Waals surface area contributed by atoms with Crippen LogP contribution < -0.4 is 5.56 Å². The number of hydrogen-bond acceptors (Lipinski definition) is 6. The number of amides is 2. The Bertz CT molecular complexity index is 840. The number of likely N-dealkylation sites (tertiary alicyclic amines) is 1. The molecule has 0 bridgehead atoms. The zero-order valence-corrected chi connectivity index (χ0v) is 19.3. The van der Waals surface area contributed by atoms with E-state index in [1.165, 1.54) is 17.8 Å². The van der Waals surface area contributed by atoms with Gasteiger partial charge in [0.25, 0.3) is 5.56 Å². The number of nitrogens with zero attached hydrogens (tertiary/aromatic N) is 3. The number of hydrogen-bond donors (Lipinski definition) is 1. The normalized spacial score (nSPS) is 20.7. The Morgan fingerprint density at radius 2 is 1.97 bits per heavy atom. The number of nitrogens with one attached hydrogen (secondary N) is 1. The summed E-state index contributed by atoms with van der Waals surface area (Å²) in [6.07, 6.45) is 1.27. The van der Waals surface area contributed by atoms with Crippen LogP contribution in [-0.4, -0.2) is 69.3 Å². The van der Waals surface area contributed by atoms with Crippen LogP contribution in [0.15, 0.2) is 16.0 Å². The van der Waals surface area contributed by atoms with Gasteiger partial charge >= 0.3 is 6.09 Å². The molecule has 1 aromatic heterocycles. The van der Waals surface area contributed by atoms with Crippen molar-refractivity contribution in [2.24, 2.45) is 5.92 Å². The van der Waals surface area contributed by atoms with E-state index in [1.807, 2.05) is 30.6 Å². The van der Waals surface area contributed by atoms with E-state index >= 15 is 0 Å². The maximum Gasteiger partial charge on any atom is 0.410 e. The van der Waals surface area contributed by atoms with E-state index in [-0.39, 0.29) is 40.8 Å². The minimum Gasteiger partial charge on any atom is -0.447 e. The molecule has 2 amide bonds. The van der Waals surface area contributed by atoms with Crippen molar-refractivity contribution in [1.29, 1.82) is 0 Å². The highest BCUT2D eigenvalue weighted by Gasteiger charge is 2.41. The van der Waals surface area contributed by atoms with Crippen molar-refractivity contribution >= 4 is 23.8 Å². The van der Waals surface area contributed by atoms with Crippen LogP contribution in [0.4, 0.5) is 4.79 Å². The Balaban J connectivity index is 1.54. The van der Waals surface area contributed by atoms with Gasteiger partial charge in [0.1, 0.15) is 6.61 Å². The van der Waals surface area contributed by atoms with Crippen molar-refractivity contribution < 1.29 is 14.3 Å². The molecule has 0 saturated carbocycles. The Labute approximate surface area is 181 Å². The fourth-order valence-electron chi connectivity index (χ4n) is 3.88. The van der Waals surface area contributed by atoms with Crippen LogP contribution in [-0.2, 0) is 14.9 Å². The predicted octanol–water partition coefficient (Wildman–Crippen LogP) is 2.63. The van der Waals surface area contributed by atoms with Gasteiger partial charge in [-0.05, 0) is 18.8 Å². The van der Waals surface area contributed by atoms with Gasteiger partial charge < -0.3 is 14.6 Å². The molecule has 0 aliphatic carbocycles. The lowest BCUT2D eigenvalue weighted by molar-refractivity contribution is -0.129. The average molecular weight is 437 g/mol. The summed E-state index contributed by atoms with van der Waals surface area (Å²) in [6.45, 7) is 11.9. The summed E-state index contributed by atoms with van der Waals surface area (Å²) in [5.74, 6) is 0.583. The first-order valence-electron chi connectivity index (χ1n) is 10.5. The first kappa shape index (κ1) is 22.7. The van der Waals surface area contributed by atoms with Crippen LogP contribution in [0.5, 0.6) is 0 Å². The highest BCUT2D eigenvalue weighted by atomic mass is 32.2. The van der Waals surface area contributed by atoms with Gasteiger partial charge in [-0.3, -0.25) is 14.5 Å². The molecule has 3 rings (SSSR count). The standard InChI is InChI=1S/C21H32N4O4S/c1-13(2)15-11-29-20(28)25(15)14-6-8-24(9-7-14)18(27)12-30-19-22-16(21(3,4)5)10-17(26)23-19/h10,13-15H,6-9,11-12H2,1-5H3,(H,22,23,26). The number of aromatic amines is 1. The van der Waals surface area contributed by atoms with Crippen molar-refractivity contribution in [2.75, 3.05) is 25.4 Å². The van der Waals surface area contributed by atoms with Gasteiger partial charge in [0.15, 0.2) is 5.16 Å². The summed E-state index contributed by atoms with van der Waals surface area (Å²) in [5.41, 5.74) is 0.266. The largest absolute Gasteiger partial charge is 0.447 e. The first-order chi connectivity index (χ1) is 14.1. The Hall–Kier alpha value is -2.03. The second-order valence-electron chi connectivity index (χ2n) is 9.38. The molecule has 8 nitrogen and oxygen atoms in total. The fraction of sp³-hybridized carbons (Fsp3) is 0.714.